The fourth-order valence-corrected chi connectivity index (χ4v) is 4.04. The molecule has 1 aromatic heterocycles. The van der Waals surface area contributed by atoms with E-state index in [9.17, 15) is 4.79 Å². The zero-order valence-corrected chi connectivity index (χ0v) is 18.2. The number of hydrogen-bond acceptors (Lipinski definition) is 4. The topological polar surface area (TPSA) is 70.2 Å². The molecule has 2 heterocycles. The van der Waals surface area contributed by atoms with Crippen LogP contribution in [0.5, 0.6) is 0 Å². The monoisotopic (exact) mass is 415 g/mol. The highest BCUT2D eigenvalue weighted by atomic mass is 16.2. The molecule has 0 saturated carbocycles. The van der Waals surface area contributed by atoms with Crippen molar-refractivity contribution in [2.75, 3.05) is 28.6 Å². The highest BCUT2D eigenvalue weighted by molar-refractivity contribution is 6.00. The van der Waals surface area contributed by atoms with Crippen molar-refractivity contribution in [1.29, 1.82) is 0 Å². The van der Waals surface area contributed by atoms with E-state index in [1.807, 2.05) is 62.4 Å². The lowest BCUT2D eigenvalue weighted by Crippen LogP contribution is -2.25. The van der Waals surface area contributed by atoms with E-state index in [0.29, 0.717) is 5.69 Å². The van der Waals surface area contributed by atoms with Crippen LogP contribution in [0.3, 0.4) is 0 Å². The first kappa shape index (κ1) is 20.8. The van der Waals surface area contributed by atoms with E-state index in [4.69, 9.17) is 0 Å². The molecule has 0 atom stereocenters. The summed E-state index contributed by atoms with van der Waals surface area (Å²) in [7, 11) is 0. The fourth-order valence-electron chi connectivity index (χ4n) is 4.04. The lowest BCUT2D eigenvalue weighted by molar-refractivity contribution is 0.262. The molecular weight excluding hydrogens is 386 g/mol. The van der Waals surface area contributed by atoms with Crippen LogP contribution in [0.2, 0.25) is 0 Å². The lowest BCUT2D eigenvalue weighted by Gasteiger charge is -2.20. The number of benzene rings is 2. The molecule has 0 aliphatic carbocycles. The van der Waals surface area contributed by atoms with Crippen LogP contribution in [-0.4, -0.2) is 29.3 Å². The number of aryl methyl sites for hydroxylation is 2. The van der Waals surface area contributed by atoms with Crippen molar-refractivity contribution in [1.82, 2.24) is 10.2 Å². The van der Waals surface area contributed by atoms with Crippen LogP contribution in [-0.2, 0) is 0 Å². The summed E-state index contributed by atoms with van der Waals surface area (Å²) in [6.07, 6.45) is 5.00. The summed E-state index contributed by atoms with van der Waals surface area (Å²) in [4.78, 5) is 14.8. The Kier molecular flexibility index (Phi) is 6.46. The Bertz CT molecular complexity index is 1020. The number of carbonyl (C=O) groups is 1. The molecule has 0 bridgehead atoms. The Morgan fingerprint density at radius 1 is 0.806 bits per heavy atom. The number of urea groups is 1. The quantitative estimate of drug-likeness (QED) is 0.566. The van der Waals surface area contributed by atoms with Crippen LogP contribution in [0, 0.1) is 13.8 Å². The number of carbonyl (C=O) groups excluding carboxylic acids is 1. The van der Waals surface area contributed by atoms with Crippen LogP contribution in [0.1, 0.15) is 36.8 Å². The Morgan fingerprint density at radius 3 is 2.19 bits per heavy atom. The third-order valence-corrected chi connectivity index (χ3v) is 5.48. The van der Waals surface area contributed by atoms with Crippen molar-refractivity contribution < 1.29 is 4.79 Å². The molecule has 2 amide bonds. The average molecular weight is 416 g/mol. The molecule has 2 N–H and O–H groups in total. The van der Waals surface area contributed by atoms with E-state index >= 15 is 0 Å². The van der Waals surface area contributed by atoms with Gasteiger partial charge in [0.05, 0.1) is 5.69 Å². The highest BCUT2D eigenvalue weighted by Crippen LogP contribution is 2.23. The molecule has 6 heteroatoms. The van der Waals surface area contributed by atoms with E-state index in [1.54, 1.807) is 0 Å². The van der Waals surface area contributed by atoms with Gasteiger partial charge in [0.1, 0.15) is 0 Å². The predicted molar refractivity (Wildman–Crippen MR) is 127 cm³/mol. The van der Waals surface area contributed by atoms with Gasteiger partial charge in [-0.15, -0.1) is 10.2 Å². The molecule has 6 nitrogen and oxygen atoms in total. The highest BCUT2D eigenvalue weighted by Gasteiger charge is 2.12. The fraction of sp³-hybridized carbons (Fsp3) is 0.320. The van der Waals surface area contributed by atoms with Gasteiger partial charge in [-0.25, -0.2) is 4.79 Å². The molecular formula is C25H29N5O. The van der Waals surface area contributed by atoms with Gasteiger partial charge >= 0.3 is 6.03 Å². The van der Waals surface area contributed by atoms with Crippen LogP contribution in [0.4, 0.5) is 22.0 Å². The van der Waals surface area contributed by atoms with E-state index in [-0.39, 0.29) is 6.03 Å². The molecule has 1 aliphatic heterocycles. The van der Waals surface area contributed by atoms with E-state index < -0.39 is 0 Å². The van der Waals surface area contributed by atoms with Gasteiger partial charge in [-0.3, -0.25) is 0 Å². The zero-order chi connectivity index (χ0) is 21.6. The molecule has 0 unspecified atom stereocenters. The van der Waals surface area contributed by atoms with Gasteiger partial charge in [0.15, 0.2) is 5.82 Å². The Labute approximate surface area is 183 Å². The van der Waals surface area contributed by atoms with Gasteiger partial charge in [0.2, 0.25) is 0 Å². The summed E-state index contributed by atoms with van der Waals surface area (Å²) in [6.45, 7) is 6.11. The van der Waals surface area contributed by atoms with Crippen molar-refractivity contribution in [3.05, 3.63) is 65.7 Å². The SMILES string of the molecule is Cc1cc(C)cc(NC(=O)Nc2cccc(-c3ccc(N4CCCCCC4)nn3)c2)c1. The molecule has 1 fully saturated rings. The smallest absolute Gasteiger partial charge is 0.323 e. The number of aromatic nitrogens is 2. The van der Waals surface area contributed by atoms with Gasteiger partial charge in [-0.05, 0) is 74.2 Å². The maximum absolute atomic E-state index is 12.4. The Balaban J connectivity index is 1.43. The summed E-state index contributed by atoms with van der Waals surface area (Å²) in [5.74, 6) is 0.938. The Hall–Kier alpha value is -3.41. The summed E-state index contributed by atoms with van der Waals surface area (Å²) in [5.41, 5.74) is 5.41. The number of nitrogens with one attached hydrogen (secondary N) is 2. The minimum atomic E-state index is -0.273. The first-order chi connectivity index (χ1) is 15.1. The third kappa shape index (κ3) is 5.60. The predicted octanol–water partition coefficient (Wildman–Crippen LogP) is 5.78. The molecule has 31 heavy (non-hydrogen) atoms. The first-order valence-corrected chi connectivity index (χ1v) is 10.9. The minimum Gasteiger partial charge on any atom is -0.355 e. The molecule has 0 radical (unpaired) electrons. The zero-order valence-electron chi connectivity index (χ0n) is 18.2. The standard InChI is InChI=1S/C25H29N5O/c1-18-14-19(2)16-22(15-18)27-25(31)26-21-9-7-8-20(17-21)23-10-11-24(29-28-23)30-12-5-3-4-6-13-30/h7-11,14-17H,3-6,12-13H2,1-2H3,(H2,26,27,31). The second-order valence-electron chi connectivity index (χ2n) is 8.21. The molecule has 3 aromatic rings. The van der Waals surface area contributed by atoms with E-state index in [0.717, 1.165) is 47.0 Å². The van der Waals surface area contributed by atoms with Gasteiger partial charge in [-0.1, -0.05) is 31.0 Å². The van der Waals surface area contributed by atoms with Crippen molar-refractivity contribution in [2.24, 2.45) is 0 Å². The van der Waals surface area contributed by atoms with Gasteiger partial charge in [0, 0.05) is 30.0 Å². The van der Waals surface area contributed by atoms with Gasteiger partial charge < -0.3 is 15.5 Å². The van der Waals surface area contributed by atoms with Gasteiger partial charge in [-0.2, -0.15) is 0 Å². The number of rotatable bonds is 4. The van der Waals surface area contributed by atoms with Crippen molar-refractivity contribution >= 4 is 23.2 Å². The summed E-state index contributed by atoms with van der Waals surface area (Å²) in [5, 5.41) is 14.7. The normalized spacial score (nSPS) is 14.1. The summed E-state index contributed by atoms with van der Waals surface area (Å²) >= 11 is 0. The molecule has 1 saturated heterocycles. The molecule has 4 rings (SSSR count). The lowest BCUT2D eigenvalue weighted by atomic mass is 10.1. The van der Waals surface area contributed by atoms with Crippen LogP contribution in [0.25, 0.3) is 11.3 Å². The minimum absolute atomic E-state index is 0.273. The second kappa shape index (κ2) is 9.60. The maximum Gasteiger partial charge on any atom is 0.323 e. The second-order valence-corrected chi connectivity index (χ2v) is 8.21. The van der Waals surface area contributed by atoms with Crippen molar-refractivity contribution in [3.63, 3.8) is 0 Å². The van der Waals surface area contributed by atoms with E-state index in [1.165, 1.54) is 25.7 Å². The Morgan fingerprint density at radius 2 is 1.52 bits per heavy atom. The number of nitrogens with zero attached hydrogens (tertiary/aromatic N) is 3. The molecule has 0 spiro atoms. The average Bonchev–Trinajstić information content (AvgIpc) is 3.03. The first-order valence-electron chi connectivity index (χ1n) is 10.9. The largest absolute Gasteiger partial charge is 0.355 e. The number of anilines is 3. The van der Waals surface area contributed by atoms with Gasteiger partial charge in [0.25, 0.3) is 0 Å². The van der Waals surface area contributed by atoms with Crippen molar-refractivity contribution in [2.45, 2.75) is 39.5 Å². The molecule has 160 valence electrons. The van der Waals surface area contributed by atoms with Crippen molar-refractivity contribution in [3.8, 4) is 11.3 Å². The van der Waals surface area contributed by atoms with E-state index in [2.05, 4.69) is 31.8 Å². The van der Waals surface area contributed by atoms with Crippen LogP contribution < -0.4 is 15.5 Å². The number of hydrogen-bond donors (Lipinski definition) is 2. The third-order valence-electron chi connectivity index (χ3n) is 5.48. The van der Waals surface area contributed by atoms with Crippen LogP contribution >= 0.6 is 0 Å². The molecule has 1 aliphatic rings. The molecule has 2 aromatic carbocycles. The summed E-state index contributed by atoms with van der Waals surface area (Å²) in [6, 6.07) is 17.4. The summed E-state index contributed by atoms with van der Waals surface area (Å²) < 4.78 is 0. The van der Waals surface area contributed by atoms with Crippen LogP contribution in [0.15, 0.2) is 54.6 Å². The maximum atomic E-state index is 12.4. The number of amides is 2.